The number of hydrogen-bond donors (Lipinski definition) is 1. The first-order chi connectivity index (χ1) is 9.56. The van der Waals surface area contributed by atoms with Crippen LogP contribution < -0.4 is 10.5 Å². The van der Waals surface area contributed by atoms with Crippen LogP contribution in [0.2, 0.25) is 0 Å². The lowest BCUT2D eigenvalue weighted by molar-refractivity contribution is -0.134. The fourth-order valence-electron chi connectivity index (χ4n) is 2.47. The molecule has 110 valence electrons. The Morgan fingerprint density at radius 2 is 2.00 bits per heavy atom. The van der Waals surface area contributed by atoms with E-state index in [1.54, 1.807) is 12.1 Å². The third-order valence-electron chi connectivity index (χ3n) is 4.15. The molecule has 0 bridgehead atoms. The Bertz CT molecular complexity index is 444. The van der Waals surface area contributed by atoms with Gasteiger partial charge in [0.25, 0.3) is 0 Å². The van der Waals surface area contributed by atoms with Gasteiger partial charge in [-0.1, -0.05) is 13.8 Å². The second-order valence-corrected chi connectivity index (χ2v) is 5.75. The highest BCUT2D eigenvalue weighted by molar-refractivity contribution is 5.76. The van der Waals surface area contributed by atoms with E-state index in [9.17, 15) is 4.79 Å². The van der Waals surface area contributed by atoms with Gasteiger partial charge >= 0.3 is 0 Å². The van der Waals surface area contributed by atoms with E-state index in [1.807, 2.05) is 17.0 Å². The first-order valence-electron chi connectivity index (χ1n) is 7.32. The van der Waals surface area contributed by atoms with Crippen LogP contribution in [0.1, 0.15) is 26.7 Å². The summed E-state index contributed by atoms with van der Waals surface area (Å²) >= 11 is 0. The van der Waals surface area contributed by atoms with E-state index in [0.29, 0.717) is 30.6 Å². The number of ether oxygens (including phenoxy) is 1. The molecule has 20 heavy (non-hydrogen) atoms. The van der Waals surface area contributed by atoms with Crippen molar-refractivity contribution in [2.24, 2.45) is 11.8 Å². The molecule has 0 radical (unpaired) electrons. The molecule has 2 N–H and O–H groups in total. The summed E-state index contributed by atoms with van der Waals surface area (Å²) in [5.74, 6) is 2.25. The molecule has 2 unspecified atom stereocenters. The predicted octanol–water partition coefficient (Wildman–Crippen LogP) is 2.54. The first-order valence-corrected chi connectivity index (χ1v) is 7.32. The van der Waals surface area contributed by atoms with Gasteiger partial charge in [-0.3, -0.25) is 4.79 Å². The highest BCUT2D eigenvalue weighted by Crippen LogP contribution is 2.22. The van der Waals surface area contributed by atoms with E-state index >= 15 is 0 Å². The van der Waals surface area contributed by atoms with Crippen molar-refractivity contribution < 1.29 is 9.53 Å². The Kier molecular flexibility index (Phi) is 4.88. The standard InChI is InChI=1S/C16H24N2O2/c1-12-7-9-18(11-13(12)2)16(19)8-10-20-15-5-3-14(17)4-6-15/h3-6,12-13H,7-11,17H2,1-2H3. The van der Waals surface area contributed by atoms with Crippen molar-refractivity contribution in [1.29, 1.82) is 0 Å². The summed E-state index contributed by atoms with van der Waals surface area (Å²) in [7, 11) is 0. The van der Waals surface area contributed by atoms with Gasteiger partial charge in [0.15, 0.2) is 0 Å². The average molecular weight is 276 g/mol. The number of carbonyl (C=O) groups is 1. The number of hydrogen-bond acceptors (Lipinski definition) is 3. The van der Waals surface area contributed by atoms with Crippen molar-refractivity contribution in [2.75, 3.05) is 25.4 Å². The maximum Gasteiger partial charge on any atom is 0.226 e. The van der Waals surface area contributed by atoms with Gasteiger partial charge in [0, 0.05) is 18.8 Å². The number of nitrogens with two attached hydrogens (primary N) is 1. The molecule has 1 aliphatic heterocycles. The fourth-order valence-corrected chi connectivity index (χ4v) is 2.47. The number of amides is 1. The molecule has 1 aromatic carbocycles. The van der Waals surface area contributed by atoms with Crippen LogP contribution in [0.25, 0.3) is 0 Å². The maximum absolute atomic E-state index is 12.1. The Morgan fingerprint density at radius 1 is 1.30 bits per heavy atom. The van der Waals surface area contributed by atoms with Crippen LogP contribution in [0.3, 0.4) is 0 Å². The Hall–Kier alpha value is -1.71. The number of anilines is 1. The van der Waals surface area contributed by atoms with Crippen molar-refractivity contribution >= 4 is 11.6 Å². The minimum Gasteiger partial charge on any atom is -0.493 e. The molecule has 0 saturated carbocycles. The molecule has 0 spiro atoms. The number of likely N-dealkylation sites (tertiary alicyclic amines) is 1. The summed E-state index contributed by atoms with van der Waals surface area (Å²) in [4.78, 5) is 14.1. The van der Waals surface area contributed by atoms with Crippen molar-refractivity contribution in [2.45, 2.75) is 26.7 Å². The third kappa shape index (κ3) is 3.89. The van der Waals surface area contributed by atoms with E-state index in [4.69, 9.17) is 10.5 Å². The van der Waals surface area contributed by atoms with Gasteiger partial charge in [-0.25, -0.2) is 0 Å². The topological polar surface area (TPSA) is 55.6 Å². The lowest BCUT2D eigenvalue weighted by atomic mass is 9.88. The molecular formula is C16H24N2O2. The number of carbonyl (C=O) groups excluding carboxylic acids is 1. The second-order valence-electron chi connectivity index (χ2n) is 5.75. The highest BCUT2D eigenvalue weighted by Gasteiger charge is 2.25. The van der Waals surface area contributed by atoms with Crippen molar-refractivity contribution in [3.05, 3.63) is 24.3 Å². The first kappa shape index (κ1) is 14.7. The number of nitrogen functional groups attached to an aromatic ring is 1. The molecule has 1 aliphatic rings. The molecule has 1 aromatic rings. The summed E-state index contributed by atoms with van der Waals surface area (Å²) in [6, 6.07) is 7.24. The molecule has 1 fully saturated rings. The van der Waals surface area contributed by atoms with Crippen LogP contribution in [-0.4, -0.2) is 30.5 Å². The summed E-state index contributed by atoms with van der Waals surface area (Å²) in [5.41, 5.74) is 6.32. The van der Waals surface area contributed by atoms with Gasteiger partial charge in [-0.2, -0.15) is 0 Å². The number of piperidine rings is 1. The second kappa shape index (κ2) is 6.64. The van der Waals surface area contributed by atoms with Crippen molar-refractivity contribution in [1.82, 2.24) is 4.90 Å². The largest absolute Gasteiger partial charge is 0.493 e. The molecule has 1 saturated heterocycles. The van der Waals surface area contributed by atoms with E-state index in [2.05, 4.69) is 13.8 Å². The average Bonchev–Trinajstić information content (AvgIpc) is 2.44. The molecule has 4 nitrogen and oxygen atoms in total. The van der Waals surface area contributed by atoms with Crippen molar-refractivity contribution in [3.63, 3.8) is 0 Å². The van der Waals surface area contributed by atoms with Gasteiger partial charge in [-0.05, 0) is 42.5 Å². The van der Waals surface area contributed by atoms with Crippen LogP contribution >= 0.6 is 0 Å². The number of benzene rings is 1. The van der Waals surface area contributed by atoms with E-state index in [0.717, 1.165) is 25.3 Å². The maximum atomic E-state index is 12.1. The van der Waals surface area contributed by atoms with Crippen LogP contribution in [0.15, 0.2) is 24.3 Å². The van der Waals surface area contributed by atoms with Crippen LogP contribution in [0, 0.1) is 11.8 Å². The van der Waals surface area contributed by atoms with Gasteiger partial charge < -0.3 is 15.4 Å². The third-order valence-corrected chi connectivity index (χ3v) is 4.15. The monoisotopic (exact) mass is 276 g/mol. The number of rotatable bonds is 4. The molecule has 0 aliphatic carbocycles. The quantitative estimate of drug-likeness (QED) is 0.860. The lowest BCUT2D eigenvalue weighted by Crippen LogP contribution is -2.42. The summed E-state index contributed by atoms with van der Waals surface area (Å²) in [6.45, 7) is 6.66. The summed E-state index contributed by atoms with van der Waals surface area (Å²) in [6.07, 6.45) is 1.54. The van der Waals surface area contributed by atoms with Gasteiger partial charge in [0.05, 0.1) is 13.0 Å². The molecule has 2 rings (SSSR count). The lowest BCUT2D eigenvalue weighted by Gasteiger charge is -2.35. The zero-order valence-corrected chi connectivity index (χ0v) is 12.3. The normalized spacial score (nSPS) is 22.6. The van der Waals surface area contributed by atoms with E-state index in [-0.39, 0.29) is 5.91 Å². The molecule has 2 atom stereocenters. The van der Waals surface area contributed by atoms with Gasteiger partial charge in [0.1, 0.15) is 5.75 Å². The fraction of sp³-hybridized carbons (Fsp3) is 0.562. The molecule has 4 heteroatoms. The zero-order valence-electron chi connectivity index (χ0n) is 12.3. The predicted molar refractivity (Wildman–Crippen MR) is 80.5 cm³/mol. The van der Waals surface area contributed by atoms with Crippen LogP contribution in [-0.2, 0) is 4.79 Å². The van der Waals surface area contributed by atoms with Gasteiger partial charge in [0.2, 0.25) is 5.91 Å². The minimum atomic E-state index is 0.194. The molecule has 1 heterocycles. The van der Waals surface area contributed by atoms with Gasteiger partial charge in [-0.15, -0.1) is 0 Å². The minimum absolute atomic E-state index is 0.194. The smallest absolute Gasteiger partial charge is 0.226 e. The number of nitrogens with zero attached hydrogens (tertiary/aromatic N) is 1. The Balaban J connectivity index is 1.74. The molecule has 1 amide bonds. The molecular weight excluding hydrogens is 252 g/mol. The molecule has 0 aromatic heterocycles. The van der Waals surface area contributed by atoms with Crippen molar-refractivity contribution in [3.8, 4) is 5.75 Å². The highest BCUT2D eigenvalue weighted by atomic mass is 16.5. The van der Waals surface area contributed by atoms with E-state index < -0.39 is 0 Å². The SMILES string of the molecule is CC1CCN(C(=O)CCOc2ccc(N)cc2)CC1C. The van der Waals surface area contributed by atoms with Crippen LogP contribution in [0.5, 0.6) is 5.75 Å². The Labute approximate surface area is 120 Å². The zero-order chi connectivity index (χ0) is 14.5. The van der Waals surface area contributed by atoms with Crippen LogP contribution in [0.4, 0.5) is 5.69 Å². The Morgan fingerprint density at radius 3 is 2.65 bits per heavy atom. The summed E-state index contributed by atoms with van der Waals surface area (Å²) in [5, 5.41) is 0. The van der Waals surface area contributed by atoms with E-state index in [1.165, 1.54) is 0 Å². The summed E-state index contributed by atoms with van der Waals surface area (Å²) < 4.78 is 5.57.